The standard InChI is InChI=1S/C13H13N3O2/c1-8-10(13-16-14-7-18-13)3-2-4-11(8)15-12(17)9-5-6-9/h2-4,7,9H,5-6H2,1H3,(H,15,17). The summed E-state index contributed by atoms with van der Waals surface area (Å²) in [6.45, 7) is 1.93. The highest BCUT2D eigenvalue weighted by Gasteiger charge is 2.29. The van der Waals surface area contributed by atoms with Crippen LogP contribution in [0, 0.1) is 12.8 Å². The second kappa shape index (κ2) is 4.25. The molecule has 0 atom stereocenters. The van der Waals surface area contributed by atoms with Crippen LogP contribution in [0.1, 0.15) is 18.4 Å². The van der Waals surface area contributed by atoms with E-state index < -0.39 is 0 Å². The molecular formula is C13H13N3O2. The van der Waals surface area contributed by atoms with E-state index in [0.717, 1.165) is 29.7 Å². The molecule has 1 N–H and O–H groups in total. The first kappa shape index (κ1) is 11.0. The minimum Gasteiger partial charge on any atom is -0.423 e. The molecule has 1 saturated carbocycles. The first-order chi connectivity index (χ1) is 8.75. The van der Waals surface area contributed by atoms with Crippen LogP contribution in [0.25, 0.3) is 11.5 Å². The Kier molecular flexibility index (Phi) is 2.59. The van der Waals surface area contributed by atoms with E-state index in [1.807, 2.05) is 25.1 Å². The van der Waals surface area contributed by atoms with E-state index in [-0.39, 0.29) is 11.8 Å². The van der Waals surface area contributed by atoms with E-state index in [1.54, 1.807) is 0 Å². The lowest BCUT2D eigenvalue weighted by Gasteiger charge is -2.10. The number of aromatic nitrogens is 2. The van der Waals surface area contributed by atoms with Gasteiger partial charge in [0.1, 0.15) is 0 Å². The maximum atomic E-state index is 11.8. The first-order valence-electron chi connectivity index (χ1n) is 5.92. The fourth-order valence-corrected chi connectivity index (χ4v) is 1.87. The van der Waals surface area contributed by atoms with Crippen molar-refractivity contribution in [1.29, 1.82) is 0 Å². The molecule has 92 valence electrons. The van der Waals surface area contributed by atoms with Gasteiger partial charge in [-0.3, -0.25) is 4.79 Å². The van der Waals surface area contributed by atoms with Gasteiger partial charge in [0.05, 0.1) is 0 Å². The number of carbonyl (C=O) groups excluding carboxylic acids is 1. The van der Waals surface area contributed by atoms with Crippen molar-refractivity contribution in [3.05, 3.63) is 30.2 Å². The van der Waals surface area contributed by atoms with Crippen LogP contribution in [0.5, 0.6) is 0 Å². The predicted octanol–water partition coefficient (Wildman–Crippen LogP) is 2.39. The highest BCUT2D eigenvalue weighted by molar-refractivity contribution is 5.95. The molecular weight excluding hydrogens is 230 g/mol. The fraction of sp³-hybridized carbons (Fsp3) is 0.308. The van der Waals surface area contributed by atoms with E-state index in [9.17, 15) is 4.79 Å². The van der Waals surface area contributed by atoms with Crippen LogP contribution in [0.4, 0.5) is 5.69 Å². The first-order valence-corrected chi connectivity index (χ1v) is 5.92. The number of benzene rings is 1. The van der Waals surface area contributed by atoms with E-state index >= 15 is 0 Å². The number of anilines is 1. The van der Waals surface area contributed by atoms with Crippen molar-refractivity contribution in [2.45, 2.75) is 19.8 Å². The molecule has 1 fully saturated rings. The number of hydrogen-bond donors (Lipinski definition) is 1. The lowest BCUT2D eigenvalue weighted by Crippen LogP contribution is -2.14. The molecule has 2 aromatic rings. The largest absolute Gasteiger partial charge is 0.423 e. The number of carbonyl (C=O) groups is 1. The lowest BCUT2D eigenvalue weighted by molar-refractivity contribution is -0.117. The number of nitrogens with one attached hydrogen (secondary N) is 1. The molecule has 3 rings (SSSR count). The molecule has 1 aliphatic rings. The molecule has 1 amide bonds. The van der Waals surface area contributed by atoms with Crippen LogP contribution < -0.4 is 5.32 Å². The number of nitrogens with zero attached hydrogens (tertiary/aromatic N) is 2. The zero-order valence-corrected chi connectivity index (χ0v) is 10.0. The van der Waals surface area contributed by atoms with Gasteiger partial charge in [-0.05, 0) is 37.5 Å². The Morgan fingerprint density at radius 3 is 2.94 bits per heavy atom. The molecule has 18 heavy (non-hydrogen) atoms. The summed E-state index contributed by atoms with van der Waals surface area (Å²) in [5.74, 6) is 0.757. The zero-order chi connectivity index (χ0) is 12.5. The van der Waals surface area contributed by atoms with Crippen molar-refractivity contribution in [3.63, 3.8) is 0 Å². The Morgan fingerprint density at radius 1 is 1.44 bits per heavy atom. The van der Waals surface area contributed by atoms with E-state index in [0.29, 0.717) is 5.89 Å². The van der Waals surface area contributed by atoms with Gasteiger partial charge in [0.2, 0.25) is 18.2 Å². The third-order valence-corrected chi connectivity index (χ3v) is 3.13. The minimum atomic E-state index is 0.0979. The van der Waals surface area contributed by atoms with Gasteiger partial charge in [-0.1, -0.05) is 6.07 Å². The highest BCUT2D eigenvalue weighted by atomic mass is 16.4. The van der Waals surface area contributed by atoms with Gasteiger partial charge >= 0.3 is 0 Å². The zero-order valence-electron chi connectivity index (χ0n) is 10.0. The summed E-state index contributed by atoms with van der Waals surface area (Å²) < 4.78 is 5.19. The van der Waals surface area contributed by atoms with Crippen LogP contribution in [0.15, 0.2) is 29.0 Å². The van der Waals surface area contributed by atoms with Gasteiger partial charge < -0.3 is 9.73 Å². The van der Waals surface area contributed by atoms with Crippen LogP contribution in [-0.2, 0) is 4.79 Å². The summed E-state index contributed by atoms with van der Waals surface area (Å²) in [5, 5.41) is 10.5. The minimum absolute atomic E-state index is 0.0979. The monoisotopic (exact) mass is 243 g/mol. The van der Waals surface area contributed by atoms with Gasteiger partial charge in [-0.15, -0.1) is 10.2 Å². The van der Waals surface area contributed by atoms with E-state index in [4.69, 9.17) is 4.42 Å². The summed E-state index contributed by atoms with van der Waals surface area (Å²) in [5.41, 5.74) is 2.60. The van der Waals surface area contributed by atoms with Crippen LogP contribution in [-0.4, -0.2) is 16.1 Å². The third-order valence-electron chi connectivity index (χ3n) is 3.13. The quantitative estimate of drug-likeness (QED) is 0.898. The molecule has 5 nitrogen and oxygen atoms in total. The maximum Gasteiger partial charge on any atom is 0.247 e. The molecule has 1 aromatic heterocycles. The second-order valence-electron chi connectivity index (χ2n) is 4.49. The predicted molar refractivity (Wildman–Crippen MR) is 65.8 cm³/mol. The van der Waals surface area contributed by atoms with Crippen molar-refractivity contribution >= 4 is 11.6 Å². The average Bonchev–Trinajstić information content (AvgIpc) is 3.09. The molecule has 0 bridgehead atoms. The van der Waals surface area contributed by atoms with E-state index in [2.05, 4.69) is 15.5 Å². The topological polar surface area (TPSA) is 68.0 Å². The number of rotatable bonds is 3. The summed E-state index contributed by atoms with van der Waals surface area (Å²) in [4.78, 5) is 11.8. The second-order valence-corrected chi connectivity index (χ2v) is 4.49. The Balaban J connectivity index is 1.91. The van der Waals surface area contributed by atoms with E-state index in [1.165, 1.54) is 6.39 Å². The summed E-state index contributed by atoms with van der Waals surface area (Å²) in [6.07, 6.45) is 3.28. The van der Waals surface area contributed by atoms with Crippen molar-refractivity contribution in [1.82, 2.24) is 10.2 Å². The van der Waals surface area contributed by atoms with Gasteiger partial charge in [0, 0.05) is 17.2 Å². The molecule has 1 heterocycles. The molecule has 0 unspecified atom stereocenters. The molecule has 0 saturated heterocycles. The van der Waals surface area contributed by atoms with Crippen molar-refractivity contribution in [2.24, 2.45) is 5.92 Å². The summed E-state index contributed by atoms with van der Waals surface area (Å²) in [7, 11) is 0. The Bertz CT molecular complexity index is 574. The molecule has 1 aliphatic carbocycles. The normalized spacial score (nSPS) is 14.5. The molecule has 1 aromatic carbocycles. The maximum absolute atomic E-state index is 11.8. The fourth-order valence-electron chi connectivity index (χ4n) is 1.87. The molecule has 0 radical (unpaired) electrons. The van der Waals surface area contributed by atoms with Crippen molar-refractivity contribution in [3.8, 4) is 11.5 Å². The number of amides is 1. The Morgan fingerprint density at radius 2 is 2.28 bits per heavy atom. The van der Waals surface area contributed by atoms with Crippen LogP contribution in [0.3, 0.4) is 0 Å². The summed E-state index contributed by atoms with van der Waals surface area (Å²) in [6, 6.07) is 5.65. The smallest absolute Gasteiger partial charge is 0.247 e. The van der Waals surface area contributed by atoms with Crippen LogP contribution in [0.2, 0.25) is 0 Å². The lowest BCUT2D eigenvalue weighted by atomic mass is 10.1. The van der Waals surface area contributed by atoms with Gasteiger partial charge in [-0.2, -0.15) is 0 Å². The Labute approximate surface area is 104 Å². The molecule has 0 spiro atoms. The van der Waals surface area contributed by atoms with Gasteiger partial charge in [0.25, 0.3) is 0 Å². The van der Waals surface area contributed by atoms with Crippen molar-refractivity contribution < 1.29 is 9.21 Å². The average molecular weight is 243 g/mol. The SMILES string of the molecule is Cc1c(NC(=O)C2CC2)cccc1-c1nnco1. The van der Waals surface area contributed by atoms with Gasteiger partial charge in [0.15, 0.2) is 0 Å². The highest BCUT2D eigenvalue weighted by Crippen LogP contribution is 2.32. The molecule has 5 heteroatoms. The Hall–Kier alpha value is -2.17. The molecule has 0 aliphatic heterocycles. The van der Waals surface area contributed by atoms with Crippen LogP contribution >= 0.6 is 0 Å². The van der Waals surface area contributed by atoms with Crippen molar-refractivity contribution in [2.75, 3.05) is 5.32 Å². The van der Waals surface area contributed by atoms with Gasteiger partial charge in [-0.25, -0.2) is 0 Å². The third kappa shape index (κ3) is 1.99. The summed E-state index contributed by atoms with van der Waals surface area (Å²) >= 11 is 0. The number of hydrogen-bond acceptors (Lipinski definition) is 4.